The Hall–Kier alpha value is -3.08. The first-order chi connectivity index (χ1) is 11.6. The fourth-order valence-electron chi connectivity index (χ4n) is 3.41. The Balaban J connectivity index is 2.18. The molecule has 1 heterocycles. The van der Waals surface area contributed by atoms with Crippen molar-refractivity contribution in [2.75, 3.05) is 14.2 Å². The number of hydrogen-bond acceptors (Lipinski definition) is 4. The third-order valence-electron chi connectivity index (χ3n) is 4.55. The molecule has 120 valence electrons. The molecule has 0 spiro atoms. The summed E-state index contributed by atoms with van der Waals surface area (Å²) in [6.45, 7) is 0. The average molecular weight is 321 g/mol. The number of carbonyl (C=O) groups excluding carboxylic acids is 1. The number of carbonyl (C=O) groups is 1. The van der Waals surface area contributed by atoms with E-state index in [-0.39, 0.29) is 11.3 Å². The van der Waals surface area contributed by atoms with Crippen molar-refractivity contribution in [3.8, 4) is 22.8 Å². The zero-order valence-electron chi connectivity index (χ0n) is 13.5. The van der Waals surface area contributed by atoms with Crippen molar-refractivity contribution in [3.63, 3.8) is 0 Å². The van der Waals surface area contributed by atoms with Crippen molar-refractivity contribution in [3.05, 3.63) is 57.9 Å². The van der Waals surface area contributed by atoms with E-state index >= 15 is 0 Å². The maximum absolute atomic E-state index is 13.0. The Bertz CT molecular complexity index is 1080. The number of methoxy groups -OCH3 is 2. The minimum Gasteiger partial charge on any atom is -0.493 e. The van der Waals surface area contributed by atoms with Crippen molar-refractivity contribution < 1.29 is 14.3 Å². The summed E-state index contributed by atoms with van der Waals surface area (Å²) in [5, 5.41) is 1.22. The highest BCUT2D eigenvalue weighted by atomic mass is 16.5. The normalized spacial score (nSPS) is 12.2. The number of fused-ring (bicyclic) bond motifs is 5. The van der Waals surface area contributed by atoms with E-state index in [1.807, 2.05) is 12.1 Å². The molecule has 5 heteroatoms. The minimum atomic E-state index is -0.125. The van der Waals surface area contributed by atoms with Crippen LogP contribution in [0.15, 0.2) is 41.2 Å². The van der Waals surface area contributed by atoms with E-state index in [0.29, 0.717) is 44.7 Å². The topological polar surface area (TPSA) is 57.5 Å². The van der Waals surface area contributed by atoms with Gasteiger partial charge >= 0.3 is 0 Å². The lowest BCUT2D eigenvalue weighted by Gasteiger charge is -2.12. The second-order valence-electron chi connectivity index (χ2n) is 5.72. The Labute approximate surface area is 138 Å². The molecule has 0 N–H and O–H groups in total. The number of pyridine rings is 1. The van der Waals surface area contributed by atoms with Crippen LogP contribution in [0.3, 0.4) is 0 Å². The molecule has 0 unspecified atom stereocenters. The highest BCUT2D eigenvalue weighted by Gasteiger charge is 2.33. The van der Waals surface area contributed by atoms with Gasteiger partial charge in [0.15, 0.2) is 17.3 Å². The zero-order valence-corrected chi connectivity index (χ0v) is 13.5. The van der Waals surface area contributed by atoms with Gasteiger partial charge in [0.25, 0.3) is 5.56 Å². The number of ketones is 1. The molecule has 1 aliphatic carbocycles. The van der Waals surface area contributed by atoms with E-state index in [1.54, 1.807) is 38.4 Å². The summed E-state index contributed by atoms with van der Waals surface area (Å²) in [5.74, 6) is 0.914. The highest BCUT2D eigenvalue weighted by molar-refractivity contribution is 6.27. The Morgan fingerprint density at radius 1 is 0.875 bits per heavy atom. The van der Waals surface area contributed by atoms with Crippen LogP contribution in [0.2, 0.25) is 0 Å². The molecule has 0 fully saturated rings. The monoisotopic (exact) mass is 321 g/mol. The number of hydrogen-bond donors (Lipinski definition) is 0. The molecule has 0 saturated carbocycles. The molecular weight excluding hydrogens is 306 g/mol. The summed E-state index contributed by atoms with van der Waals surface area (Å²) in [6.07, 6.45) is 0. The number of ether oxygens (including phenoxy) is 2. The van der Waals surface area contributed by atoms with E-state index < -0.39 is 0 Å². The van der Waals surface area contributed by atoms with Crippen molar-refractivity contribution in [1.82, 2.24) is 4.57 Å². The van der Waals surface area contributed by atoms with Gasteiger partial charge in [0.2, 0.25) is 0 Å². The summed E-state index contributed by atoms with van der Waals surface area (Å²) < 4.78 is 12.2. The summed E-state index contributed by atoms with van der Waals surface area (Å²) in [6, 6.07) is 10.6. The number of rotatable bonds is 2. The molecule has 0 atom stereocenters. The molecule has 1 aromatic heterocycles. The Kier molecular flexibility index (Phi) is 3.00. The van der Waals surface area contributed by atoms with Crippen LogP contribution in [0.4, 0.5) is 0 Å². The fraction of sp³-hybridized carbons (Fsp3) is 0.158. The first kappa shape index (κ1) is 14.5. The van der Waals surface area contributed by atoms with Crippen LogP contribution in [0.5, 0.6) is 11.5 Å². The van der Waals surface area contributed by atoms with E-state index in [1.165, 1.54) is 11.7 Å². The molecule has 24 heavy (non-hydrogen) atoms. The fourth-order valence-corrected chi connectivity index (χ4v) is 3.41. The van der Waals surface area contributed by atoms with Crippen LogP contribution < -0.4 is 15.0 Å². The van der Waals surface area contributed by atoms with Gasteiger partial charge in [-0.1, -0.05) is 18.2 Å². The standard InChI is InChI=1S/C19H15NO4/c1-20-17-12-8-14(23-2)15(24-3)9-13(12)18(21)16(17)10-6-4-5-7-11(10)19(20)22/h4-9H,1-3H3. The Morgan fingerprint density at radius 3 is 2.08 bits per heavy atom. The van der Waals surface area contributed by atoms with Crippen LogP contribution in [0.25, 0.3) is 22.0 Å². The molecule has 1 aliphatic rings. The predicted octanol–water partition coefficient (Wildman–Crippen LogP) is 2.77. The molecule has 0 aliphatic heterocycles. The molecule has 0 bridgehead atoms. The van der Waals surface area contributed by atoms with E-state index in [9.17, 15) is 9.59 Å². The van der Waals surface area contributed by atoms with Gasteiger partial charge in [0.1, 0.15) is 0 Å². The lowest BCUT2D eigenvalue weighted by molar-refractivity contribution is 0.104. The number of nitrogens with zero attached hydrogens (tertiary/aromatic N) is 1. The van der Waals surface area contributed by atoms with Crippen molar-refractivity contribution in [2.45, 2.75) is 0 Å². The minimum absolute atomic E-state index is 0.104. The second-order valence-corrected chi connectivity index (χ2v) is 5.72. The van der Waals surface area contributed by atoms with Gasteiger partial charge in [-0.15, -0.1) is 0 Å². The SMILES string of the molecule is COc1cc2c(cc1OC)-c1c(c3ccccc3c(=O)n1C)C2=O. The molecular formula is C19H15NO4. The molecule has 0 amide bonds. The first-order valence-corrected chi connectivity index (χ1v) is 7.51. The predicted molar refractivity (Wildman–Crippen MR) is 91.2 cm³/mol. The van der Waals surface area contributed by atoms with E-state index in [2.05, 4.69) is 0 Å². The summed E-state index contributed by atoms with van der Waals surface area (Å²) in [4.78, 5) is 25.7. The average Bonchev–Trinajstić information content (AvgIpc) is 2.90. The maximum Gasteiger partial charge on any atom is 0.258 e. The van der Waals surface area contributed by atoms with E-state index in [4.69, 9.17) is 9.47 Å². The van der Waals surface area contributed by atoms with Gasteiger partial charge < -0.3 is 14.0 Å². The number of benzene rings is 2. The second kappa shape index (κ2) is 4.96. The third kappa shape index (κ3) is 1.69. The highest BCUT2D eigenvalue weighted by Crippen LogP contribution is 2.43. The molecule has 3 aromatic rings. The van der Waals surface area contributed by atoms with E-state index in [0.717, 1.165) is 0 Å². The van der Waals surface area contributed by atoms with Crippen LogP contribution >= 0.6 is 0 Å². The number of aromatic nitrogens is 1. The van der Waals surface area contributed by atoms with Gasteiger partial charge in [-0.3, -0.25) is 9.59 Å². The van der Waals surface area contributed by atoms with Gasteiger partial charge in [0, 0.05) is 28.9 Å². The quantitative estimate of drug-likeness (QED) is 0.570. The van der Waals surface area contributed by atoms with Crippen LogP contribution in [0.1, 0.15) is 15.9 Å². The zero-order chi connectivity index (χ0) is 17.0. The van der Waals surface area contributed by atoms with Crippen LogP contribution in [-0.4, -0.2) is 24.6 Å². The largest absolute Gasteiger partial charge is 0.493 e. The smallest absolute Gasteiger partial charge is 0.258 e. The van der Waals surface area contributed by atoms with Crippen molar-refractivity contribution in [2.24, 2.45) is 7.05 Å². The molecule has 2 aromatic carbocycles. The van der Waals surface area contributed by atoms with Gasteiger partial charge in [0.05, 0.1) is 25.5 Å². The lowest BCUT2D eigenvalue weighted by Crippen LogP contribution is -2.19. The molecule has 0 radical (unpaired) electrons. The first-order valence-electron chi connectivity index (χ1n) is 7.51. The summed E-state index contributed by atoms with van der Waals surface area (Å²) >= 11 is 0. The summed E-state index contributed by atoms with van der Waals surface area (Å²) in [7, 11) is 4.76. The molecule has 5 nitrogen and oxygen atoms in total. The lowest BCUT2D eigenvalue weighted by atomic mass is 10.0. The van der Waals surface area contributed by atoms with Crippen molar-refractivity contribution >= 4 is 16.6 Å². The maximum atomic E-state index is 13.0. The van der Waals surface area contributed by atoms with Gasteiger partial charge in [-0.05, 0) is 18.2 Å². The van der Waals surface area contributed by atoms with Crippen LogP contribution in [0, 0.1) is 0 Å². The van der Waals surface area contributed by atoms with Gasteiger partial charge in [-0.25, -0.2) is 0 Å². The van der Waals surface area contributed by atoms with Gasteiger partial charge in [-0.2, -0.15) is 0 Å². The molecule has 4 rings (SSSR count). The third-order valence-corrected chi connectivity index (χ3v) is 4.55. The van der Waals surface area contributed by atoms with Crippen molar-refractivity contribution in [1.29, 1.82) is 0 Å². The Morgan fingerprint density at radius 2 is 1.46 bits per heavy atom. The summed E-state index contributed by atoms with van der Waals surface area (Å²) in [5.41, 5.74) is 2.27. The molecule has 0 saturated heterocycles. The van der Waals surface area contributed by atoms with Crippen LogP contribution in [-0.2, 0) is 7.05 Å².